The van der Waals surface area contributed by atoms with Gasteiger partial charge in [0.15, 0.2) is 16.8 Å². The highest BCUT2D eigenvalue weighted by atomic mass is 32.2. The van der Waals surface area contributed by atoms with Gasteiger partial charge in [-0.1, -0.05) is 11.3 Å². The molecule has 4 saturated heterocycles. The van der Waals surface area contributed by atoms with Crippen molar-refractivity contribution in [3.05, 3.63) is 29.2 Å². The Kier molecular flexibility index (Phi) is 7.71. The number of nitrogens with zero attached hydrogens (tertiary/aromatic N) is 6. The Morgan fingerprint density at radius 1 is 1.04 bits per heavy atom. The lowest BCUT2D eigenvalue weighted by Crippen LogP contribution is -2.64. The molecule has 45 heavy (non-hydrogen) atoms. The summed E-state index contributed by atoms with van der Waals surface area (Å²) in [4.78, 5) is 18.7. The molecule has 5 aliphatic heterocycles. The maximum absolute atomic E-state index is 16.6. The van der Waals surface area contributed by atoms with E-state index in [-0.39, 0.29) is 35.0 Å². The average Bonchev–Trinajstić information content (AvgIpc) is 3.50. The van der Waals surface area contributed by atoms with E-state index in [4.69, 9.17) is 20.2 Å². The highest BCUT2D eigenvalue weighted by molar-refractivity contribution is 7.97. The number of alkyl halides is 1. The number of piperazine rings is 1. The highest BCUT2D eigenvalue weighted by Gasteiger charge is 2.44. The van der Waals surface area contributed by atoms with Gasteiger partial charge in [0.05, 0.1) is 48.3 Å². The molecule has 3 N–H and O–H groups in total. The number of nitrogens with two attached hydrogens (primary N) is 1. The third-order valence-corrected chi connectivity index (χ3v) is 11.5. The van der Waals surface area contributed by atoms with Gasteiger partial charge in [-0.05, 0) is 62.7 Å². The number of methoxy groups -OCH3 is 1. The second-order valence-electron chi connectivity index (χ2n) is 12.4. The van der Waals surface area contributed by atoms with E-state index in [1.165, 1.54) is 38.0 Å². The van der Waals surface area contributed by atoms with Crippen molar-refractivity contribution in [2.24, 2.45) is 0 Å². The van der Waals surface area contributed by atoms with E-state index in [0.29, 0.717) is 58.0 Å². The predicted octanol–water partition coefficient (Wildman–Crippen LogP) is 4.47. The number of hydrogen-bond acceptors (Lipinski definition) is 12. The van der Waals surface area contributed by atoms with Crippen LogP contribution in [0.25, 0.3) is 21.7 Å². The van der Waals surface area contributed by atoms with Crippen LogP contribution in [0, 0.1) is 5.82 Å². The van der Waals surface area contributed by atoms with Crippen molar-refractivity contribution in [1.82, 2.24) is 29.5 Å². The van der Waals surface area contributed by atoms with E-state index in [1.807, 2.05) is 4.31 Å². The lowest BCUT2D eigenvalue weighted by atomic mass is 10.1. The van der Waals surface area contributed by atoms with Crippen LogP contribution in [0.5, 0.6) is 6.01 Å². The van der Waals surface area contributed by atoms with E-state index >= 15 is 4.39 Å². The molecule has 3 aromatic rings. The summed E-state index contributed by atoms with van der Waals surface area (Å²) < 4.78 is 57.3. The number of hydrogen-bond donors (Lipinski definition) is 2. The summed E-state index contributed by atoms with van der Waals surface area (Å²) in [5, 5.41) is 3.68. The van der Waals surface area contributed by atoms with Gasteiger partial charge < -0.3 is 29.7 Å². The zero-order valence-electron chi connectivity index (χ0n) is 24.8. The first-order valence-corrected chi connectivity index (χ1v) is 17.1. The van der Waals surface area contributed by atoms with Crippen LogP contribution in [-0.2, 0) is 4.74 Å². The number of fused-ring (bicyclic) bond motifs is 5. The number of nitrogens with one attached hydrogen (secondary N) is 1. The molecule has 7 heterocycles. The second-order valence-corrected chi connectivity index (χ2v) is 14.4. The molecule has 1 aliphatic carbocycles. The largest absolute Gasteiger partial charge is 0.467 e. The third-order valence-electron chi connectivity index (χ3n) is 9.35. The van der Waals surface area contributed by atoms with Crippen LogP contribution in [0.2, 0.25) is 0 Å². The summed E-state index contributed by atoms with van der Waals surface area (Å²) in [6.45, 7) is 4.47. The van der Waals surface area contributed by atoms with Gasteiger partial charge in [-0.15, -0.1) is 0 Å². The Morgan fingerprint density at radius 3 is 2.58 bits per heavy atom. The van der Waals surface area contributed by atoms with E-state index in [1.54, 1.807) is 6.07 Å². The molecule has 0 spiro atoms. The SMILES string of the molecule is COc1nc2c(c(N3C4CNCC3COC4)n1)SN(C1CC1)C(c1ccc(F)c3sc(N)nc13)=C2F.FC1CC2CCCN2C1. The van der Waals surface area contributed by atoms with Crippen LogP contribution in [-0.4, -0.2) is 101 Å². The van der Waals surface area contributed by atoms with Gasteiger partial charge in [-0.2, -0.15) is 9.97 Å². The molecule has 0 amide bonds. The predicted molar refractivity (Wildman–Crippen MR) is 169 cm³/mol. The third kappa shape index (κ3) is 5.29. The number of thiazole rings is 1. The lowest BCUT2D eigenvalue weighted by molar-refractivity contribution is 0.0518. The Labute approximate surface area is 267 Å². The fourth-order valence-electron chi connectivity index (χ4n) is 7.16. The monoisotopic (exact) mass is 660 g/mol. The standard InChI is InChI=1S/C23H23F2N7O2S2.C7H12FN/c1-33-23-29-17-15(25)18(13-4-5-14(24)19-16(13)28-22(26)35-19)32(10-2-3-10)36-20(17)21(30-23)31-11-6-27-7-12(31)9-34-8-11;8-6-4-7-2-1-3-9(7)5-6/h4-5,10-12,27H,2-3,6-9H2,1H3,(H2,26,28);6-7H,1-5H2. The molecular formula is C30H35F3N8O2S2. The smallest absolute Gasteiger partial charge is 0.318 e. The molecule has 5 fully saturated rings. The van der Waals surface area contributed by atoms with Crippen LogP contribution in [0.1, 0.15) is 43.4 Å². The van der Waals surface area contributed by atoms with Crippen LogP contribution in [0.15, 0.2) is 17.0 Å². The first-order valence-electron chi connectivity index (χ1n) is 15.5. The molecule has 4 atom stereocenters. The van der Waals surface area contributed by atoms with Crippen molar-refractivity contribution < 1.29 is 22.6 Å². The van der Waals surface area contributed by atoms with Gasteiger partial charge in [-0.3, -0.25) is 4.90 Å². The van der Waals surface area contributed by atoms with E-state index in [2.05, 4.69) is 25.1 Å². The number of anilines is 2. The maximum Gasteiger partial charge on any atom is 0.318 e. The molecular weight excluding hydrogens is 626 g/mol. The molecule has 4 unspecified atom stereocenters. The summed E-state index contributed by atoms with van der Waals surface area (Å²) >= 11 is 2.49. The second kappa shape index (κ2) is 11.7. The minimum Gasteiger partial charge on any atom is -0.467 e. The zero-order chi connectivity index (χ0) is 30.8. The van der Waals surface area contributed by atoms with Crippen LogP contribution in [0.4, 0.5) is 24.1 Å². The fourth-order valence-corrected chi connectivity index (χ4v) is 9.20. The topological polar surface area (TPSA) is 105 Å². The molecule has 2 bridgehead atoms. The summed E-state index contributed by atoms with van der Waals surface area (Å²) in [6.07, 6.45) is 4.68. The number of nitrogen functional groups attached to an aromatic ring is 1. The van der Waals surface area contributed by atoms with Gasteiger partial charge in [-0.25, -0.2) is 18.2 Å². The molecule has 1 saturated carbocycles. The van der Waals surface area contributed by atoms with Gasteiger partial charge >= 0.3 is 6.01 Å². The molecule has 0 radical (unpaired) electrons. The summed E-state index contributed by atoms with van der Waals surface area (Å²) in [5.41, 5.74) is 7.27. The normalized spacial score (nSPS) is 27.8. The summed E-state index contributed by atoms with van der Waals surface area (Å²) in [6, 6.07) is 3.90. The number of morpholine rings is 1. The minimum absolute atomic E-state index is 0.0688. The Bertz CT molecular complexity index is 1620. The zero-order valence-corrected chi connectivity index (χ0v) is 26.5. The molecule has 10 nitrogen and oxygen atoms in total. The quantitative estimate of drug-likeness (QED) is 0.388. The van der Waals surface area contributed by atoms with Crippen molar-refractivity contribution in [1.29, 1.82) is 0 Å². The van der Waals surface area contributed by atoms with Crippen molar-refractivity contribution in [3.8, 4) is 6.01 Å². The minimum atomic E-state index is -0.518. The van der Waals surface area contributed by atoms with Crippen molar-refractivity contribution in [2.75, 3.05) is 57.1 Å². The van der Waals surface area contributed by atoms with Crippen molar-refractivity contribution >= 4 is 56.0 Å². The number of ether oxygens (including phenoxy) is 2. The van der Waals surface area contributed by atoms with E-state index in [0.717, 1.165) is 50.2 Å². The van der Waals surface area contributed by atoms with Gasteiger partial charge in [0.1, 0.15) is 22.6 Å². The maximum atomic E-state index is 16.6. The van der Waals surface area contributed by atoms with Gasteiger partial charge in [0.2, 0.25) is 0 Å². The lowest BCUT2D eigenvalue weighted by Gasteiger charge is -2.47. The Hall–Kier alpha value is -2.85. The summed E-state index contributed by atoms with van der Waals surface area (Å²) in [7, 11) is 1.48. The first kappa shape index (κ1) is 29.5. The van der Waals surface area contributed by atoms with E-state index in [9.17, 15) is 8.78 Å². The molecule has 15 heteroatoms. The van der Waals surface area contributed by atoms with Crippen molar-refractivity contribution in [2.45, 2.75) is 67.3 Å². The number of aromatic nitrogens is 3. The van der Waals surface area contributed by atoms with Crippen LogP contribution < -0.4 is 20.7 Å². The average molecular weight is 661 g/mol. The van der Waals surface area contributed by atoms with E-state index < -0.39 is 17.8 Å². The van der Waals surface area contributed by atoms with Gasteiger partial charge in [0, 0.05) is 37.3 Å². The van der Waals surface area contributed by atoms with Crippen LogP contribution >= 0.6 is 23.3 Å². The Morgan fingerprint density at radius 2 is 1.84 bits per heavy atom. The first-order chi connectivity index (χ1) is 21.9. The molecule has 240 valence electrons. The Balaban J connectivity index is 0.000000286. The number of halogens is 3. The molecule has 6 aliphatic rings. The summed E-state index contributed by atoms with van der Waals surface area (Å²) in [5.74, 6) is -0.276. The fraction of sp³-hybridized carbons (Fsp3) is 0.567. The van der Waals surface area contributed by atoms with Crippen molar-refractivity contribution in [3.63, 3.8) is 0 Å². The molecule has 2 aromatic heterocycles. The molecule has 9 rings (SSSR count). The number of rotatable bonds is 4. The van der Waals surface area contributed by atoms with Crippen LogP contribution in [0.3, 0.4) is 0 Å². The number of benzene rings is 1. The van der Waals surface area contributed by atoms with Gasteiger partial charge in [0.25, 0.3) is 0 Å². The molecule has 1 aromatic carbocycles. The highest BCUT2D eigenvalue weighted by Crippen LogP contribution is 2.54.